The SMILES string of the molecule is O=C(CCC(=O)c1cccs1)NCCC(=O)OCC(=O)NC(=O)c1ccccc1. The van der Waals surface area contributed by atoms with Crippen LogP contribution in [0.2, 0.25) is 0 Å². The molecule has 2 aromatic rings. The summed E-state index contributed by atoms with van der Waals surface area (Å²) in [6.07, 6.45) is -0.0211. The van der Waals surface area contributed by atoms with Crippen LogP contribution in [0.25, 0.3) is 0 Å². The van der Waals surface area contributed by atoms with Crippen molar-refractivity contribution in [3.63, 3.8) is 0 Å². The fraction of sp³-hybridized carbons (Fsp3) is 0.250. The molecule has 0 aliphatic carbocycles. The van der Waals surface area contributed by atoms with Crippen molar-refractivity contribution in [3.05, 3.63) is 58.3 Å². The van der Waals surface area contributed by atoms with Crippen molar-refractivity contribution in [2.45, 2.75) is 19.3 Å². The maximum absolute atomic E-state index is 11.8. The second-order valence-corrected chi connectivity index (χ2v) is 6.85. The number of benzene rings is 1. The van der Waals surface area contributed by atoms with Crippen molar-refractivity contribution in [3.8, 4) is 0 Å². The van der Waals surface area contributed by atoms with E-state index >= 15 is 0 Å². The van der Waals surface area contributed by atoms with Crippen LogP contribution in [0.5, 0.6) is 0 Å². The second-order valence-electron chi connectivity index (χ2n) is 5.90. The lowest BCUT2D eigenvalue weighted by Crippen LogP contribution is -2.34. The fourth-order valence-corrected chi connectivity index (χ4v) is 2.92. The molecule has 152 valence electrons. The van der Waals surface area contributed by atoms with E-state index in [9.17, 15) is 24.0 Å². The number of nitrogens with one attached hydrogen (secondary N) is 2. The molecule has 2 N–H and O–H groups in total. The minimum absolute atomic E-state index is 0.0232. The van der Waals surface area contributed by atoms with Gasteiger partial charge in [-0.25, -0.2) is 0 Å². The zero-order chi connectivity index (χ0) is 21.1. The maximum Gasteiger partial charge on any atom is 0.308 e. The second kappa shape index (κ2) is 11.5. The molecule has 0 aliphatic heterocycles. The summed E-state index contributed by atoms with van der Waals surface area (Å²) in [5, 5.41) is 6.41. The Hall–Kier alpha value is -3.33. The quantitative estimate of drug-likeness (QED) is 0.450. The van der Waals surface area contributed by atoms with Crippen molar-refractivity contribution >= 4 is 40.8 Å². The number of esters is 1. The number of hydrogen-bond donors (Lipinski definition) is 2. The first-order valence-corrected chi connectivity index (χ1v) is 9.72. The van der Waals surface area contributed by atoms with E-state index in [1.54, 1.807) is 47.8 Å². The van der Waals surface area contributed by atoms with Gasteiger partial charge >= 0.3 is 5.97 Å². The molecule has 0 saturated carbocycles. The van der Waals surface area contributed by atoms with Crippen LogP contribution in [0.15, 0.2) is 47.8 Å². The Morgan fingerprint density at radius 2 is 1.62 bits per heavy atom. The lowest BCUT2D eigenvalue weighted by Gasteiger charge is -2.07. The molecule has 0 aliphatic rings. The van der Waals surface area contributed by atoms with Crippen molar-refractivity contribution in [2.24, 2.45) is 0 Å². The highest BCUT2D eigenvalue weighted by Crippen LogP contribution is 2.12. The van der Waals surface area contributed by atoms with E-state index in [1.807, 2.05) is 0 Å². The summed E-state index contributed by atoms with van der Waals surface area (Å²) in [4.78, 5) is 59.2. The lowest BCUT2D eigenvalue weighted by molar-refractivity contribution is -0.148. The van der Waals surface area contributed by atoms with Crippen LogP contribution in [0.4, 0.5) is 0 Å². The number of rotatable bonds is 10. The van der Waals surface area contributed by atoms with Gasteiger partial charge in [0.2, 0.25) is 5.91 Å². The van der Waals surface area contributed by atoms with E-state index in [0.717, 1.165) is 0 Å². The van der Waals surface area contributed by atoms with Gasteiger partial charge in [-0.3, -0.25) is 29.3 Å². The zero-order valence-electron chi connectivity index (χ0n) is 15.5. The number of imide groups is 1. The number of thiophene rings is 1. The number of carbonyl (C=O) groups is 5. The molecule has 8 nitrogen and oxygen atoms in total. The first-order valence-electron chi connectivity index (χ1n) is 8.84. The van der Waals surface area contributed by atoms with Crippen LogP contribution < -0.4 is 10.6 Å². The normalized spacial score (nSPS) is 10.1. The van der Waals surface area contributed by atoms with Crippen LogP contribution >= 0.6 is 11.3 Å². The molecule has 1 aromatic carbocycles. The summed E-state index contributed by atoms with van der Waals surface area (Å²) in [6, 6.07) is 11.6. The van der Waals surface area contributed by atoms with Crippen molar-refractivity contribution < 1.29 is 28.7 Å². The van der Waals surface area contributed by atoms with Crippen LogP contribution in [0.3, 0.4) is 0 Å². The number of ketones is 1. The van der Waals surface area contributed by atoms with E-state index in [-0.39, 0.29) is 37.5 Å². The first kappa shape index (κ1) is 22.0. The summed E-state index contributed by atoms with van der Waals surface area (Å²) >= 11 is 1.32. The highest BCUT2D eigenvalue weighted by Gasteiger charge is 2.13. The van der Waals surface area contributed by atoms with Crippen LogP contribution in [-0.2, 0) is 19.1 Å². The average Bonchev–Trinajstić information content (AvgIpc) is 3.26. The maximum atomic E-state index is 11.8. The Morgan fingerprint density at radius 3 is 2.31 bits per heavy atom. The van der Waals surface area contributed by atoms with Gasteiger partial charge in [-0.05, 0) is 23.6 Å². The molecule has 0 saturated heterocycles. The first-order chi connectivity index (χ1) is 14.0. The molecule has 0 atom stereocenters. The van der Waals surface area contributed by atoms with Crippen molar-refractivity contribution in [2.75, 3.05) is 13.2 Å². The minimum Gasteiger partial charge on any atom is -0.456 e. The molecule has 3 amide bonds. The summed E-state index contributed by atoms with van der Waals surface area (Å²) < 4.78 is 4.76. The smallest absolute Gasteiger partial charge is 0.308 e. The van der Waals surface area contributed by atoms with Gasteiger partial charge in [-0.15, -0.1) is 11.3 Å². The molecule has 0 unspecified atom stereocenters. The minimum atomic E-state index is -0.747. The molecule has 0 spiro atoms. The van der Waals surface area contributed by atoms with E-state index in [0.29, 0.717) is 10.4 Å². The van der Waals surface area contributed by atoms with Gasteiger partial charge in [-0.1, -0.05) is 24.3 Å². The molecule has 29 heavy (non-hydrogen) atoms. The Bertz CT molecular complexity index is 864. The Morgan fingerprint density at radius 1 is 0.862 bits per heavy atom. The number of amides is 3. The highest BCUT2D eigenvalue weighted by molar-refractivity contribution is 7.12. The predicted octanol–water partition coefficient (Wildman–Crippen LogP) is 1.72. The van der Waals surface area contributed by atoms with Gasteiger partial charge in [0.05, 0.1) is 11.3 Å². The predicted molar refractivity (Wildman–Crippen MR) is 105 cm³/mol. The average molecular weight is 416 g/mol. The monoisotopic (exact) mass is 416 g/mol. The largest absolute Gasteiger partial charge is 0.456 e. The molecule has 0 radical (unpaired) electrons. The number of Topliss-reactive ketones (excluding diaryl/α,β-unsaturated/α-hetero) is 1. The van der Waals surface area contributed by atoms with Gasteiger partial charge in [0.1, 0.15) is 0 Å². The Labute approximate surface area is 171 Å². The third kappa shape index (κ3) is 8.06. The Balaban J connectivity index is 1.57. The van der Waals surface area contributed by atoms with Crippen LogP contribution in [0.1, 0.15) is 39.3 Å². The van der Waals surface area contributed by atoms with Gasteiger partial charge in [0.15, 0.2) is 12.4 Å². The molecule has 2 rings (SSSR count). The topological polar surface area (TPSA) is 119 Å². The molecule has 9 heteroatoms. The molecular weight excluding hydrogens is 396 g/mol. The third-order valence-electron chi connectivity index (χ3n) is 3.68. The van der Waals surface area contributed by atoms with Gasteiger partial charge < -0.3 is 10.1 Å². The standard InChI is InChI=1S/C20H20N2O6S/c23-15(16-7-4-12-29-16)8-9-17(24)21-11-10-19(26)28-13-18(25)22-20(27)14-5-2-1-3-6-14/h1-7,12H,8-11,13H2,(H,21,24)(H,22,25,27). The number of ether oxygens (including phenoxy) is 1. The van der Waals surface area contributed by atoms with Crippen molar-refractivity contribution in [1.82, 2.24) is 10.6 Å². The molecule has 1 aromatic heterocycles. The van der Waals surface area contributed by atoms with Gasteiger partial charge in [-0.2, -0.15) is 0 Å². The molecule has 0 fully saturated rings. The van der Waals surface area contributed by atoms with Gasteiger partial charge in [0.25, 0.3) is 11.8 Å². The lowest BCUT2D eigenvalue weighted by atomic mass is 10.2. The van der Waals surface area contributed by atoms with Crippen LogP contribution in [0, 0.1) is 0 Å². The van der Waals surface area contributed by atoms with E-state index in [2.05, 4.69) is 10.6 Å². The highest BCUT2D eigenvalue weighted by atomic mass is 32.1. The number of hydrogen-bond acceptors (Lipinski definition) is 7. The molecular formula is C20H20N2O6S. The number of carbonyl (C=O) groups excluding carboxylic acids is 5. The van der Waals surface area contributed by atoms with E-state index < -0.39 is 24.4 Å². The third-order valence-corrected chi connectivity index (χ3v) is 4.59. The van der Waals surface area contributed by atoms with Crippen LogP contribution in [-0.4, -0.2) is 42.6 Å². The summed E-state index contributed by atoms with van der Waals surface area (Å²) in [7, 11) is 0. The Kier molecular flexibility index (Phi) is 8.71. The van der Waals surface area contributed by atoms with Crippen molar-refractivity contribution in [1.29, 1.82) is 0 Å². The summed E-state index contributed by atoms with van der Waals surface area (Å²) in [5.74, 6) is -2.49. The van der Waals surface area contributed by atoms with E-state index in [4.69, 9.17) is 4.74 Å². The molecule has 1 heterocycles. The zero-order valence-corrected chi connectivity index (χ0v) is 16.3. The fourth-order valence-electron chi connectivity index (χ4n) is 2.22. The van der Waals surface area contributed by atoms with E-state index in [1.165, 1.54) is 11.3 Å². The summed E-state index contributed by atoms with van der Waals surface area (Å²) in [5.41, 5.74) is 0.312. The molecule has 0 bridgehead atoms. The summed E-state index contributed by atoms with van der Waals surface area (Å²) in [6.45, 7) is -0.573. The van der Waals surface area contributed by atoms with Gasteiger partial charge in [0, 0.05) is 24.9 Å².